The van der Waals surface area contributed by atoms with Gasteiger partial charge in [-0.05, 0) is 44.4 Å². The summed E-state index contributed by atoms with van der Waals surface area (Å²) < 4.78 is 0. The Morgan fingerprint density at radius 2 is 1.89 bits per heavy atom. The van der Waals surface area contributed by atoms with Crippen molar-refractivity contribution in [3.8, 4) is 11.5 Å². The molecule has 2 rings (SSSR count). The molecule has 0 aliphatic rings. The van der Waals surface area contributed by atoms with E-state index in [0.717, 1.165) is 36.3 Å². The molecule has 0 bridgehead atoms. The summed E-state index contributed by atoms with van der Waals surface area (Å²) in [4.78, 5) is 13.3. The summed E-state index contributed by atoms with van der Waals surface area (Å²) in [5, 5.41) is 0.458. The molecular weight excluding hydrogens is 258 g/mol. The molecule has 2 heterocycles. The average molecular weight is 276 g/mol. The van der Waals surface area contributed by atoms with Gasteiger partial charge in [-0.3, -0.25) is 0 Å². The maximum atomic E-state index is 5.98. The quantitative estimate of drug-likeness (QED) is 0.787. The molecule has 19 heavy (non-hydrogen) atoms. The topological polar surface area (TPSA) is 38.7 Å². The van der Waals surface area contributed by atoms with Crippen LogP contribution >= 0.6 is 11.6 Å². The zero-order valence-corrected chi connectivity index (χ0v) is 12.3. The van der Waals surface area contributed by atoms with Crippen LogP contribution in [0.2, 0.25) is 5.15 Å². The molecule has 0 saturated heterocycles. The molecule has 0 aromatic carbocycles. The number of halogens is 1. The van der Waals surface area contributed by atoms with E-state index in [1.165, 1.54) is 5.56 Å². The summed E-state index contributed by atoms with van der Waals surface area (Å²) >= 11 is 5.98. The second-order valence-electron chi connectivity index (χ2n) is 4.72. The average Bonchev–Trinajstić information content (AvgIpc) is 2.36. The van der Waals surface area contributed by atoms with Gasteiger partial charge in [0.15, 0.2) is 5.82 Å². The Bertz CT molecular complexity index is 561. The molecule has 2 aromatic rings. The Labute approximate surface area is 119 Å². The third-order valence-electron chi connectivity index (χ3n) is 3.02. The number of rotatable bonds is 4. The predicted molar refractivity (Wildman–Crippen MR) is 78.4 cm³/mol. The molecule has 3 nitrogen and oxygen atoms in total. The Balaban J connectivity index is 2.39. The highest BCUT2D eigenvalue weighted by atomic mass is 35.5. The molecule has 0 spiro atoms. The molecule has 4 heteroatoms. The third kappa shape index (κ3) is 3.51. The lowest BCUT2D eigenvalue weighted by Gasteiger charge is -2.07. The van der Waals surface area contributed by atoms with Crippen LogP contribution in [0.5, 0.6) is 0 Å². The van der Waals surface area contributed by atoms with Crippen molar-refractivity contribution in [3.05, 3.63) is 40.3 Å². The van der Waals surface area contributed by atoms with Crippen molar-refractivity contribution in [3.63, 3.8) is 0 Å². The number of hydrogen-bond donors (Lipinski definition) is 0. The fraction of sp³-hybridized carbons (Fsp3) is 0.400. The van der Waals surface area contributed by atoms with Crippen LogP contribution in [0, 0.1) is 13.8 Å². The van der Waals surface area contributed by atoms with Gasteiger partial charge in [0.1, 0.15) is 10.8 Å². The van der Waals surface area contributed by atoms with Gasteiger partial charge in [-0.15, -0.1) is 0 Å². The maximum Gasteiger partial charge on any atom is 0.179 e. The van der Waals surface area contributed by atoms with E-state index in [1.54, 1.807) is 6.07 Å². The highest BCUT2D eigenvalue weighted by Crippen LogP contribution is 2.19. The fourth-order valence-electron chi connectivity index (χ4n) is 1.94. The number of aryl methyl sites for hydroxylation is 3. The first-order valence-corrected chi connectivity index (χ1v) is 6.96. The van der Waals surface area contributed by atoms with Gasteiger partial charge < -0.3 is 0 Å². The molecule has 2 aromatic heterocycles. The lowest BCUT2D eigenvalue weighted by molar-refractivity contribution is 0.772. The minimum absolute atomic E-state index is 0.458. The molecule has 0 amide bonds. The van der Waals surface area contributed by atoms with E-state index < -0.39 is 0 Å². The summed E-state index contributed by atoms with van der Waals surface area (Å²) in [5.74, 6) is 0.600. The van der Waals surface area contributed by atoms with Gasteiger partial charge in [0.05, 0.1) is 0 Å². The molecule has 0 aliphatic heterocycles. The second-order valence-corrected chi connectivity index (χ2v) is 5.11. The number of hydrogen-bond acceptors (Lipinski definition) is 3. The van der Waals surface area contributed by atoms with Gasteiger partial charge in [0.25, 0.3) is 0 Å². The van der Waals surface area contributed by atoms with E-state index >= 15 is 0 Å². The summed E-state index contributed by atoms with van der Waals surface area (Å²) in [6.07, 6.45) is 3.31. The van der Waals surface area contributed by atoms with Crippen LogP contribution in [0.4, 0.5) is 0 Å². The summed E-state index contributed by atoms with van der Waals surface area (Å²) in [5.41, 5.74) is 3.99. The van der Waals surface area contributed by atoms with Crippen LogP contribution in [0.15, 0.2) is 18.2 Å². The zero-order chi connectivity index (χ0) is 13.8. The van der Waals surface area contributed by atoms with E-state index in [9.17, 15) is 0 Å². The van der Waals surface area contributed by atoms with E-state index in [-0.39, 0.29) is 0 Å². The van der Waals surface area contributed by atoms with Gasteiger partial charge in [0.2, 0.25) is 0 Å². The Morgan fingerprint density at radius 3 is 2.58 bits per heavy atom. The predicted octanol–water partition coefficient (Wildman–Crippen LogP) is 4.15. The number of aromatic nitrogens is 3. The summed E-state index contributed by atoms with van der Waals surface area (Å²) in [7, 11) is 0. The standard InChI is InChI=1S/C15H18ClN3/c1-4-5-6-12-10(2)7-8-13(18-12)15-17-11(3)9-14(16)19-15/h7-9H,4-6H2,1-3H3. The van der Waals surface area contributed by atoms with Crippen molar-refractivity contribution in [1.82, 2.24) is 15.0 Å². The van der Waals surface area contributed by atoms with E-state index in [4.69, 9.17) is 11.6 Å². The summed E-state index contributed by atoms with van der Waals surface area (Å²) in [6.45, 7) is 6.18. The minimum atomic E-state index is 0.458. The number of nitrogens with zero attached hydrogens (tertiary/aromatic N) is 3. The molecule has 0 atom stereocenters. The summed E-state index contributed by atoms with van der Waals surface area (Å²) in [6, 6.07) is 5.78. The highest BCUT2D eigenvalue weighted by Gasteiger charge is 2.08. The first-order valence-electron chi connectivity index (χ1n) is 6.58. The first-order chi connectivity index (χ1) is 9.10. The second kappa shape index (κ2) is 6.11. The molecular formula is C15H18ClN3. The monoisotopic (exact) mass is 275 g/mol. The van der Waals surface area contributed by atoms with Gasteiger partial charge in [-0.1, -0.05) is 31.0 Å². The van der Waals surface area contributed by atoms with Gasteiger partial charge >= 0.3 is 0 Å². The molecule has 0 N–H and O–H groups in total. The SMILES string of the molecule is CCCCc1nc(-c2nc(C)cc(Cl)n2)ccc1C. The van der Waals surface area contributed by atoms with Crippen LogP contribution < -0.4 is 0 Å². The molecule has 0 aliphatic carbocycles. The lowest BCUT2D eigenvalue weighted by atomic mass is 10.1. The maximum absolute atomic E-state index is 5.98. The Kier molecular flexibility index (Phi) is 4.48. The van der Waals surface area contributed by atoms with Crippen molar-refractivity contribution in [1.29, 1.82) is 0 Å². The van der Waals surface area contributed by atoms with Crippen molar-refractivity contribution in [2.45, 2.75) is 40.0 Å². The van der Waals surface area contributed by atoms with Crippen LogP contribution in [0.3, 0.4) is 0 Å². The van der Waals surface area contributed by atoms with Gasteiger partial charge in [-0.2, -0.15) is 0 Å². The molecule has 0 radical (unpaired) electrons. The van der Waals surface area contributed by atoms with E-state index in [1.807, 2.05) is 13.0 Å². The molecule has 0 saturated carbocycles. The molecule has 0 unspecified atom stereocenters. The minimum Gasteiger partial charge on any atom is -0.249 e. The molecule has 0 fully saturated rings. The van der Waals surface area contributed by atoms with Crippen molar-refractivity contribution < 1.29 is 0 Å². The van der Waals surface area contributed by atoms with Gasteiger partial charge in [0, 0.05) is 11.4 Å². The van der Waals surface area contributed by atoms with E-state index in [0.29, 0.717) is 11.0 Å². The largest absolute Gasteiger partial charge is 0.249 e. The Morgan fingerprint density at radius 1 is 1.11 bits per heavy atom. The van der Waals surface area contributed by atoms with Crippen LogP contribution in [-0.2, 0) is 6.42 Å². The Hall–Kier alpha value is -1.48. The van der Waals surface area contributed by atoms with Crippen LogP contribution in [0.25, 0.3) is 11.5 Å². The zero-order valence-electron chi connectivity index (χ0n) is 11.6. The van der Waals surface area contributed by atoms with Gasteiger partial charge in [-0.25, -0.2) is 15.0 Å². The highest BCUT2D eigenvalue weighted by molar-refractivity contribution is 6.29. The van der Waals surface area contributed by atoms with Crippen molar-refractivity contribution >= 4 is 11.6 Å². The van der Waals surface area contributed by atoms with Crippen LogP contribution in [0.1, 0.15) is 36.7 Å². The first kappa shape index (κ1) is 13.9. The lowest BCUT2D eigenvalue weighted by Crippen LogP contribution is -1.99. The fourth-order valence-corrected chi connectivity index (χ4v) is 2.18. The smallest absolute Gasteiger partial charge is 0.179 e. The number of pyridine rings is 1. The van der Waals surface area contributed by atoms with E-state index in [2.05, 4.69) is 34.9 Å². The molecule has 100 valence electrons. The van der Waals surface area contributed by atoms with Crippen LogP contribution in [-0.4, -0.2) is 15.0 Å². The van der Waals surface area contributed by atoms with Crippen molar-refractivity contribution in [2.75, 3.05) is 0 Å². The number of unbranched alkanes of at least 4 members (excludes halogenated alkanes) is 1. The normalized spacial score (nSPS) is 10.7. The third-order valence-corrected chi connectivity index (χ3v) is 3.21. The van der Waals surface area contributed by atoms with Crippen molar-refractivity contribution in [2.24, 2.45) is 0 Å².